The van der Waals surface area contributed by atoms with E-state index in [1.54, 1.807) is 12.1 Å². The Morgan fingerprint density at radius 1 is 0.949 bits per heavy atom. The Morgan fingerprint density at radius 3 is 2.36 bits per heavy atom. The van der Waals surface area contributed by atoms with E-state index in [0.717, 1.165) is 38.2 Å². The lowest BCUT2D eigenvalue weighted by atomic mass is 9.98. The van der Waals surface area contributed by atoms with Gasteiger partial charge in [0.2, 0.25) is 0 Å². The third-order valence-electron chi connectivity index (χ3n) is 7.29. The molecule has 0 radical (unpaired) electrons. The molecule has 9 nitrogen and oxygen atoms in total. The van der Waals surface area contributed by atoms with Gasteiger partial charge in [-0.25, -0.2) is 9.91 Å². The first-order valence-corrected chi connectivity index (χ1v) is 13.6. The molecular formula is C29H25BrN6O3. The number of hydrazone groups is 1. The normalized spacial score (nSPS) is 22.1. The Labute approximate surface area is 233 Å². The number of nitrogens with zero attached hydrogens (tertiary/aromatic N) is 6. The van der Waals surface area contributed by atoms with E-state index in [2.05, 4.69) is 26.3 Å². The van der Waals surface area contributed by atoms with Crippen LogP contribution in [0.2, 0.25) is 0 Å². The first kappa shape index (κ1) is 25.1. The molecule has 0 N–H and O–H groups in total. The first-order chi connectivity index (χ1) is 18.9. The average molecular weight is 585 g/mol. The molecule has 3 atom stereocenters. The summed E-state index contributed by atoms with van der Waals surface area (Å²) >= 11 is 3.46. The van der Waals surface area contributed by atoms with E-state index < -0.39 is 23.9 Å². The summed E-state index contributed by atoms with van der Waals surface area (Å²) < 4.78 is 0.956. The van der Waals surface area contributed by atoms with Crippen LogP contribution in [0.3, 0.4) is 0 Å². The fraction of sp³-hybridized carbons (Fsp3) is 0.241. The molecule has 0 spiro atoms. The summed E-state index contributed by atoms with van der Waals surface area (Å²) in [4.78, 5) is 41.3. The molecule has 0 aromatic heterocycles. The van der Waals surface area contributed by atoms with Gasteiger partial charge in [0.25, 0.3) is 17.7 Å². The highest BCUT2D eigenvalue weighted by Gasteiger charge is 2.55. The Hall–Kier alpha value is -4.18. The fourth-order valence-corrected chi connectivity index (χ4v) is 5.46. The SMILES string of the molecule is CCc1ccc(N2C(=O)C3N=NN(CC(=O)N4N=C(c5ccc(Br)cc5)CC4c4ccccc4)C3C2=O)cc1. The number of hydrogen-bond acceptors (Lipinski definition) is 7. The van der Waals surface area contributed by atoms with Gasteiger partial charge in [-0.15, -0.1) is 0 Å². The molecule has 0 aliphatic carbocycles. The van der Waals surface area contributed by atoms with Crippen molar-refractivity contribution in [3.05, 3.63) is 100 Å². The Kier molecular flexibility index (Phi) is 6.56. The molecule has 1 fully saturated rings. The van der Waals surface area contributed by atoms with Gasteiger partial charge in [-0.05, 0) is 47.4 Å². The summed E-state index contributed by atoms with van der Waals surface area (Å²) in [5.41, 5.74) is 4.27. The topological polar surface area (TPSA) is 98.0 Å². The van der Waals surface area contributed by atoms with Gasteiger partial charge in [-0.1, -0.05) is 82.7 Å². The number of hydrogen-bond donors (Lipinski definition) is 0. The van der Waals surface area contributed by atoms with Gasteiger partial charge >= 0.3 is 0 Å². The van der Waals surface area contributed by atoms with Crippen LogP contribution in [0.1, 0.15) is 36.1 Å². The summed E-state index contributed by atoms with van der Waals surface area (Å²) in [6.07, 6.45) is 1.40. The predicted molar refractivity (Wildman–Crippen MR) is 149 cm³/mol. The van der Waals surface area contributed by atoms with Crippen molar-refractivity contribution in [2.24, 2.45) is 15.4 Å². The summed E-state index contributed by atoms with van der Waals surface area (Å²) in [5.74, 6) is -1.21. The van der Waals surface area contributed by atoms with Gasteiger partial charge in [0, 0.05) is 10.9 Å². The minimum atomic E-state index is -0.971. The molecule has 3 aliphatic heterocycles. The molecule has 3 aliphatic rings. The highest BCUT2D eigenvalue weighted by atomic mass is 79.9. The fourth-order valence-electron chi connectivity index (χ4n) is 5.19. The van der Waals surface area contributed by atoms with E-state index >= 15 is 0 Å². The molecule has 3 heterocycles. The van der Waals surface area contributed by atoms with Crippen LogP contribution in [0.4, 0.5) is 5.69 Å². The third-order valence-corrected chi connectivity index (χ3v) is 7.81. The second-order valence-electron chi connectivity index (χ2n) is 9.65. The van der Waals surface area contributed by atoms with Gasteiger partial charge in [-0.3, -0.25) is 19.4 Å². The van der Waals surface area contributed by atoms with Crippen molar-refractivity contribution in [3.8, 4) is 0 Å². The van der Waals surface area contributed by atoms with E-state index in [-0.39, 0.29) is 18.5 Å². The van der Waals surface area contributed by atoms with Crippen molar-refractivity contribution in [1.29, 1.82) is 0 Å². The number of anilines is 1. The second kappa shape index (κ2) is 10.2. The third kappa shape index (κ3) is 4.54. The zero-order valence-electron chi connectivity index (χ0n) is 21.1. The molecule has 0 bridgehead atoms. The number of fused-ring (bicyclic) bond motifs is 1. The molecule has 39 heavy (non-hydrogen) atoms. The zero-order chi connectivity index (χ0) is 27.1. The highest BCUT2D eigenvalue weighted by molar-refractivity contribution is 9.10. The minimum absolute atomic E-state index is 0.229. The Balaban J connectivity index is 1.24. The second-order valence-corrected chi connectivity index (χ2v) is 10.6. The quantitative estimate of drug-likeness (QED) is 0.393. The van der Waals surface area contributed by atoms with Crippen molar-refractivity contribution in [1.82, 2.24) is 10.0 Å². The number of imide groups is 1. The molecule has 196 valence electrons. The molecule has 3 unspecified atom stereocenters. The van der Waals surface area contributed by atoms with Crippen molar-refractivity contribution in [3.63, 3.8) is 0 Å². The monoisotopic (exact) mass is 584 g/mol. The van der Waals surface area contributed by atoms with Crippen molar-refractivity contribution >= 4 is 45.1 Å². The number of rotatable bonds is 6. The molecule has 3 amide bonds. The van der Waals surface area contributed by atoms with Crippen LogP contribution in [0.5, 0.6) is 0 Å². The van der Waals surface area contributed by atoms with Gasteiger partial charge in [-0.2, -0.15) is 10.2 Å². The van der Waals surface area contributed by atoms with Gasteiger partial charge in [0.05, 0.1) is 17.4 Å². The van der Waals surface area contributed by atoms with Crippen LogP contribution >= 0.6 is 15.9 Å². The molecular weight excluding hydrogens is 560 g/mol. The number of benzene rings is 3. The van der Waals surface area contributed by atoms with Crippen LogP contribution in [-0.4, -0.2) is 52.1 Å². The van der Waals surface area contributed by atoms with Crippen LogP contribution in [-0.2, 0) is 20.8 Å². The lowest BCUT2D eigenvalue weighted by molar-refractivity contribution is -0.135. The summed E-state index contributed by atoms with van der Waals surface area (Å²) in [7, 11) is 0. The lowest BCUT2D eigenvalue weighted by Gasteiger charge is -2.25. The molecule has 3 aromatic rings. The highest BCUT2D eigenvalue weighted by Crippen LogP contribution is 2.35. The number of halogens is 1. The van der Waals surface area contributed by atoms with E-state index in [9.17, 15) is 14.4 Å². The van der Waals surface area contributed by atoms with Gasteiger partial charge in [0.15, 0.2) is 12.1 Å². The van der Waals surface area contributed by atoms with E-state index in [4.69, 9.17) is 5.10 Å². The average Bonchev–Trinajstić information content (AvgIpc) is 3.65. The predicted octanol–water partition coefficient (Wildman–Crippen LogP) is 4.68. The summed E-state index contributed by atoms with van der Waals surface area (Å²) in [6.45, 7) is 1.81. The smallest absolute Gasteiger partial charge is 0.264 e. The largest absolute Gasteiger partial charge is 0.271 e. The summed E-state index contributed by atoms with van der Waals surface area (Å²) in [5, 5.41) is 15.6. The van der Waals surface area contributed by atoms with E-state index in [1.807, 2.05) is 73.7 Å². The molecule has 3 aromatic carbocycles. The Morgan fingerprint density at radius 2 is 1.67 bits per heavy atom. The number of carbonyl (C=O) groups is 3. The first-order valence-electron chi connectivity index (χ1n) is 12.8. The molecule has 6 rings (SSSR count). The summed E-state index contributed by atoms with van der Waals surface area (Å²) in [6, 6.07) is 22.6. The maximum atomic E-state index is 13.7. The zero-order valence-corrected chi connectivity index (χ0v) is 22.7. The lowest BCUT2D eigenvalue weighted by Crippen LogP contribution is -2.44. The Bertz CT molecular complexity index is 1490. The maximum Gasteiger partial charge on any atom is 0.264 e. The molecule has 0 saturated carbocycles. The van der Waals surface area contributed by atoms with Crippen LogP contribution in [0.25, 0.3) is 0 Å². The minimum Gasteiger partial charge on any atom is -0.271 e. The standard InChI is InChI=1S/C29H25BrN6O3/c1-2-18-8-14-22(15-9-18)35-28(38)26-27(29(35)39)34(33-31-26)17-25(37)36-24(20-6-4-3-5-7-20)16-23(32-36)19-10-12-21(30)13-11-19/h3-15,24,26-27H,2,16-17H2,1H3. The van der Waals surface area contributed by atoms with Crippen molar-refractivity contribution in [2.45, 2.75) is 37.9 Å². The molecule has 10 heteroatoms. The van der Waals surface area contributed by atoms with Crippen molar-refractivity contribution < 1.29 is 14.4 Å². The molecule has 1 saturated heterocycles. The maximum absolute atomic E-state index is 13.7. The van der Waals surface area contributed by atoms with E-state index in [0.29, 0.717) is 12.1 Å². The van der Waals surface area contributed by atoms with Crippen LogP contribution in [0.15, 0.2) is 98.8 Å². The van der Waals surface area contributed by atoms with Crippen LogP contribution < -0.4 is 4.90 Å². The van der Waals surface area contributed by atoms with E-state index in [1.165, 1.54) is 10.0 Å². The van der Waals surface area contributed by atoms with Gasteiger partial charge in [0.1, 0.15) is 6.54 Å². The number of carbonyl (C=O) groups excluding carboxylic acids is 3. The number of aryl methyl sites for hydroxylation is 1. The van der Waals surface area contributed by atoms with Crippen LogP contribution in [0, 0.1) is 0 Å². The van der Waals surface area contributed by atoms with Crippen molar-refractivity contribution in [2.75, 3.05) is 11.4 Å². The van der Waals surface area contributed by atoms with Gasteiger partial charge < -0.3 is 0 Å². The number of amides is 3.